The number of rotatable bonds is 7. The maximum atomic E-state index is 12.8. The lowest BCUT2D eigenvalue weighted by atomic mass is 10.0. The minimum atomic E-state index is -0.938. The standard InChI is InChI=1S/C18H23N3O2/c1-3-11-21(12-4-2)17(23)18(9-10-18)16(22)20-15-8-6-5-7-14(15)13-19/h5-8H,3-4,9-12H2,1-2H3,(H,20,22). The SMILES string of the molecule is CCCN(CCC)C(=O)C1(C(=O)Nc2ccccc2C#N)CC1. The van der Waals surface area contributed by atoms with Crippen molar-refractivity contribution in [3.8, 4) is 6.07 Å². The average Bonchev–Trinajstić information content (AvgIpc) is 3.36. The molecule has 1 aliphatic rings. The van der Waals surface area contributed by atoms with Crippen LogP contribution in [0.5, 0.6) is 0 Å². The molecule has 2 amide bonds. The van der Waals surface area contributed by atoms with Crippen molar-refractivity contribution in [2.75, 3.05) is 18.4 Å². The van der Waals surface area contributed by atoms with Gasteiger partial charge in [-0.05, 0) is 37.8 Å². The Morgan fingerprint density at radius 2 is 1.83 bits per heavy atom. The predicted octanol–water partition coefficient (Wildman–Crippen LogP) is 2.93. The van der Waals surface area contributed by atoms with Crippen molar-refractivity contribution >= 4 is 17.5 Å². The molecule has 2 rings (SSSR count). The van der Waals surface area contributed by atoms with E-state index in [4.69, 9.17) is 5.26 Å². The highest BCUT2D eigenvalue weighted by Gasteiger charge is 2.57. The number of benzene rings is 1. The first-order chi connectivity index (χ1) is 11.1. The summed E-state index contributed by atoms with van der Waals surface area (Å²) in [6.07, 6.45) is 2.91. The van der Waals surface area contributed by atoms with E-state index in [0.29, 0.717) is 37.2 Å². The first-order valence-corrected chi connectivity index (χ1v) is 8.19. The molecule has 1 saturated carbocycles. The van der Waals surface area contributed by atoms with Crippen LogP contribution in [0, 0.1) is 16.7 Å². The number of nitrogens with one attached hydrogen (secondary N) is 1. The van der Waals surface area contributed by atoms with Crippen LogP contribution in [-0.4, -0.2) is 29.8 Å². The molecule has 1 aliphatic carbocycles. The lowest BCUT2D eigenvalue weighted by Gasteiger charge is -2.26. The summed E-state index contributed by atoms with van der Waals surface area (Å²) in [6.45, 7) is 5.41. The van der Waals surface area contributed by atoms with Gasteiger partial charge in [0.15, 0.2) is 0 Å². The molecule has 0 aromatic heterocycles. The first-order valence-electron chi connectivity index (χ1n) is 8.19. The number of carbonyl (C=O) groups excluding carboxylic acids is 2. The third-order valence-corrected chi connectivity index (χ3v) is 4.16. The predicted molar refractivity (Wildman–Crippen MR) is 88.6 cm³/mol. The number of hydrogen-bond donors (Lipinski definition) is 1. The summed E-state index contributed by atoms with van der Waals surface area (Å²) in [5.74, 6) is -0.365. The van der Waals surface area contributed by atoms with Gasteiger partial charge < -0.3 is 10.2 Å². The zero-order chi connectivity index (χ0) is 16.9. The highest BCUT2D eigenvalue weighted by atomic mass is 16.2. The molecule has 1 aromatic rings. The van der Waals surface area contributed by atoms with Gasteiger partial charge in [0.2, 0.25) is 11.8 Å². The number of hydrogen-bond acceptors (Lipinski definition) is 3. The first kappa shape index (κ1) is 17.0. The van der Waals surface area contributed by atoms with Crippen molar-refractivity contribution in [2.24, 2.45) is 5.41 Å². The lowest BCUT2D eigenvalue weighted by Crippen LogP contribution is -2.43. The van der Waals surface area contributed by atoms with Gasteiger partial charge in [0.1, 0.15) is 11.5 Å². The number of nitrogens with zero attached hydrogens (tertiary/aromatic N) is 2. The highest BCUT2D eigenvalue weighted by molar-refractivity contribution is 6.13. The molecular weight excluding hydrogens is 290 g/mol. The van der Waals surface area contributed by atoms with E-state index in [1.807, 2.05) is 13.8 Å². The Bertz CT molecular complexity index is 623. The van der Waals surface area contributed by atoms with E-state index in [1.54, 1.807) is 29.2 Å². The lowest BCUT2D eigenvalue weighted by molar-refractivity contribution is -0.142. The molecule has 0 bridgehead atoms. The summed E-state index contributed by atoms with van der Waals surface area (Å²) in [4.78, 5) is 27.2. The van der Waals surface area contributed by atoms with Crippen LogP contribution in [0.15, 0.2) is 24.3 Å². The van der Waals surface area contributed by atoms with Crippen LogP contribution in [0.3, 0.4) is 0 Å². The van der Waals surface area contributed by atoms with Gasteiger partial charge in [-0.1, -0.05) is 26.0 Å². The van der Waals surface area contributed by atoms with Crippen LogP contribution < -0.4 is 5.32 Å². The summed E-state index contributed by atoms with van der Waals surface area (Å²) in [5, 5.41) is 11.9. The number of amides is 2. The average molecular weight is 313 g/mol. The van der Waals surface area contributed by atoms with Gasteiger partial charge >= 0.3 is 0 Å². The molecule has 0 atom stereocenters. The number of anilines is 1. The fraction of sp³-hybridized carbons (Fsp3) is 0.500. The second-order valence-electron chi connectivity index (χ2n) is 5.99. The Morgan fingerprint density at radius 3 is 2.35 bits per heavy atom. The normalized spacial score (nSPS) is 14.7. The number of para-hydroxylation sites is 1. The van der Waals surface area contributed by atoms with Gasteiger partial charge in [-0.3, -0.25) is 9.59 Å². The maximum absolute atomic E-state index is 12.8. The van der Waals surface area contributed by atoms with Crippen molar-refractivity contribution in [2.45, 2.75) is 39.5 Å². The summed E-state index contributed by atoms with van der Waals surface area (Å²) >= 11 is 0. The molecule has 5 nitrogen and oxygen atoms in total. The third kappa shape index (κ3) is 3.53. The van der Waals surface area contributed by atoms with Crippen LogP contribution >= 0.6 is 0 Å². The van der Waals surface area contributed by atoms with Crippen LogP contribution in [-0.2, 0) is 9.59 Å². The Balaban J connectivity index is 2.15. The van der Waals surface area contributed by atoms with Crippen LogP contribution in [0.1, 0.15) is 45.1 Å². The number of carbonyl (C=O) groups is 2. The van der Waals surface area contributed by atoms with E-state index in [9.17, 15) is 9.59 Å². The topological polar surface area (TPSA) is 73.2 Å². The maximum Gasteiger partial charge on any atom is 0.240 e. The monoisotopic (exact) mass is 313 g/mol. The molecule has 1 fully saturated rings. The second-order valence-corrected chi connectivity index (χ2v) is 5.99. The Morgan fingerprint density at radius 1 is 1.22 bits per heavy atom. The largest absolute Gasteiger partial charge is 0.342 e. The van der Waals surface area contributed by atoms with E-state index in [0.717, 1.165) is 12.8 Å². The molecule has 0 heterocycles. The van der Waals surface area contributed by atoms with Crippen LogP contribution in [0.4, 0.5) is 5.69 Å². The Labute approximate surface area is 137 Å². The number of nitriles is 1. The van der Waals surface area contributed by atoms with Crippen molar-refractivity contribution in [3.63, 3.8) is 0 Å². The molecule has 0 radical (unpaired) electrons. The summed E-state index contributed by atoms with van der Waals surface area (Å²) in [5.41, 5.74) is -0.0629. The van der Waals surface area contributed by atoms with Gasteiger partial charge in [-0.2, -0.15) is 5.26 Å². The summed E-state index contributed by atoms with van der Waals surface area (Å²) < 4.78 is 0. The molecule has 0 spiro atoms. The fourth-order valence-corrected chi connectivity index (χ4v) is 2.75. The Kier molecular flexibility index (Phi) is 5.38. The van der Waals surface area contributed by atoms with Crippen molar-refractivity contribution in [1.29, 1.82) is 5.26 Å². The van der Waals surface area contributed by atoms with Gasteiger partial charge in [0.05, 0.1) is 11.3 Å². The smallest absolute Gasteiger partial charge is 0.240 e. The van der Waals surface area contributed by atoms with Crippen LogP contribution in [0.25, 0.3) is 0 Å². The van der Waals surface area contributed by atoms with E-state index in [1.165, 1.54) is 0 Å². The fourth-order valence-electron chi connectivity index (χ4n) is 2.75. The van der Waals surface area contributed by atoms with Gasteiger partial charge in [-0.25, -0.2) is 0 Å². The summed E-state index contributed by atoms with van der Waals surface area (Å²) in [6, 6.07) is 8.90. The van der Waals surface area contributed by atoms with E-state index in [-0.39, 0.29) is 11.8 Å². The third-order valence-electron chi connectivity index (χ3n) is 4.16. The summed E-state index contributed by atoms with van der Waals surface area (Å²) in [7, 11) is 0. The molecule has 1 aromatic carbocycles. The van der Waals surface area contributed by atoms with Crippen LogP contribution in [0.2, 0.25) is 0 Å². The van der Waals surface area contributed by atoms with Gasteiger partial charge in [0, 0.05) is 13.1 Å². The van der Waals surface area contributed by atoms with Gasteiger partial charge in [0.25, 0.3) is 0 Å². The van der Waals surface area contributed by atoms with E-state index in [2.05, 4.69) is 11.4 Å². The second kappa shape index (κ2) is 7.28. The Hall–Kier alpha value is -2.35. The minimum Gasteiger partial charge on any atom is -0.342 e. The molecule has 0 unspecified atom stereocenters. The molecule has 5 heteroatoms. The highest BCUT2D eigenvalue weighted by Crippen LogP contribution is 2.48. The quantitative estimate of drug-likeness (QED) is 0.787. The molecule has 23 heavy (non-hydrogen) atoms. The molecule has 122 valence electrons. The zero-order valence-electron chi connectivity index (χ0n) is 13.8. The van der Waals surface area contributed by atoms with Crippen molar-refractivity contribution in [1.82, 2.24) is 4.90 Å². The zero-order valence-corrected chi connectivity index (χ0v) is 13.8. The molecular formula is C18H23N3O2. The molecule has 1 N–H and O–H groups in total. The van der Waals surface area contributed by atoms with Crippen molar-refractivity contribution < 1.29 is 9.59 Å². The van der Waals surface area contributed by atoms with Gasteiger partial charge in [-0.15, -0.1) is 0 Å². The minimum absolute atomic E-state index is 0.0758. The molecule has 0 saturated heterocycles. The van der Waals surface area contributed by atoms with E-state index < -0.39 is 5.41 Å². The van der Waals surface area contributed by atoms with E-state index >= 15 is 0 Å². The molecule has 0 aliphatic heterocycles. The van der Waals surface area contributed by atoms with Crippen molar-refractivity contribution in [3.05, 3.63) is 29.8 Å².